The molecule has 1 heterocycles. The van der Waals surface area contributed by atoms with Crippen LogP contribution >= 0.6 is 0 Å². The highest BCUT2D eigenvalue weighted by Crippen LogP contribution is 2.41. The Labute approximate surface area is 116 Å². The van der Waals surface area contributed by atoms with Gasteiger partial charge >= 0.3 is 0 Å². The Morgan fingerprint density at radius 1 is 1.45 bits per heavy atom. The van der Waals surface area contributed by atoms with Crippen molar-refractivity contribution in [3.63, 3.8) is 0 Å². The summed E-state index contributed by atoms with van der Waals surface area (Å²) in [6, 6.07) is 7.73. The van der Waals surface area contributed by atoms with Gasteiger partial charge in [-0.2, -0.15) is 0 Å². The minimum Gasteiger partial charge on any atom is -0.365 e. The molecule has 20 heavy (non-hydrogen) atoms. The fourth-order valence-electron chi connectivity index (χ4n) is 2.91. The number of nitrogens with zero attached hydrogens (tertiary/aromatic N) is 1. The number of rotatable bonds is 3. The molecule has 0 spiro atoms. The van der Waals surface area contributed by atoms with Gasteiger partial charge in [-0.3, -0.25) is 14.9 Å². The van der Waals surface area contributed by atoms with E-state index in [1.807, 2.05) is 0 Å². The molecule has 6 nitrogen and oxygen atoms in total. The second kappa shape index (κ2) is 5.30. The molecule has 0 radical (unpaired) electrons. The van der Waals surface area contributed by atoms with Crippen molar-refractivity contribution >= 4 is 5.78 Å². The Kier molecular flexibility index (Phi) is 3.87. The topological polar surface area (TPSA) is 89.7 Å². The summed E-state index contributed by atoms with van der Waals surface area (Å²) in [6.07, 6.45) is 0. The van der Waals surface area contributed by atoms with Gasteiger partial charge in [0, 0.05) is 4.92 Å². The van der Waals surface area contributed by atoms with Gasteiger partial charge in [0.2, 0.25) is 6.04 Å². The van der Waals surface area contributed by atoms with Crippen LogP contribution in [0.1, 0.15) is 25.3 Å². The van der Waals surface area contributed by atoms with E-state index in [4.69, 9.17) is 4.74 Å². The first kappa shape index (κ1) is 14.6. The summed E-state index contributed by atoms with van der Waals surface area (Å²) in [5.74, 6) is -3.68. The summed E-state index contributed by atoms with van der Waals surface area (Å²) in [7, 11) is 0. The van der Waals surface area contributed by atoms with E-state index in [0.29, 0.717) is 5.56 Å². The van der Waals surface area contributed by atoms with Crippen LogP contribution in [0.15, 0.2) is 30.3 Å². The summed E-state index contributed by atoms with van der Waals surface area (Å²) in [5, 5.41) is 21.5. The Hall–Kier alpha value is -1.79. The van der Waals surface area contributed by atoms with Crippen molar-refractivity contribution in [3.8, 4) is 0 Å². The van der Waals surface area contributed by atoms with Crippen LogP contribution in [0.25, 0.3) is 0 Å². The molecule has 1 fully saturated rings. The quantitative estimate of drug-likeness (QED) is 0.666. The Morgan fingerprint density at radius 3 is 2.55 bits per heavy atom. The van der Waals surface area contributed by atoms with Crippen LogP contribution in [-0.4, -0.2) is 34.2 Å². The monoisotopic (exact) mass is 279 g/mol. The first-order valence-electron chi connectivity index (χ1n) is 6.40. The zero-order valence-electron chi connectivity index (χ0n) is 11.4. The zero-order chi connectivity index (χ0) is 14.9. The van der Waals surface area contributed by atoms with Crippen LogP contribution in [-0.2, 0) is 9.53 Å². The Balaban J connectivity index is 2.51. The summed E-state index contributed by atoms with van der Waals surface area (Å²) in [5.41, 5.74) is 0.665. The molecule has 1 aromatic rings. The van der Waals surface area contributed by atoms with Gasteiger partial charge in [0.05, 0.1) is 11.8 Å². The van der Waals surface area contributed by atoms with Gasteiger partial charge < -0.3 is 9.84 Å². The van der Waals surface area contributed by atoms with Gasteiger partial charge in [-0.05, 0) is 19.4 Å². The number of ketones is 1. The van der Waals surface area contributed by atoms with Crippen LogP contribution < -0.4 is 0 Å². The van der Waals surface area contributed by atoms with E-state index in [1.54, 1.807) is 30.3 Å². The second-order valence-corrected chi connectivity index (χ2v) is 5.24. The van der Waals surface area contributed by atoms with Crippen LogP contribution in [0.5, 0.6) is 0 Å². The van der Waals surface area contributed by atoms with Crippen molar-refractivity contribution < 1.29 is 19.6 Å². The molecule has 0 unspecified atom stereocenters. The van der Waals surface area contributed by atoms with E-state index in [1.165, 1.54) is 13.8 Å². The molecule has 6 heteroatoms. The minimum atomic E-state index is -1.70. The number of ether oxygens (including phenoxy) is 1. The number of hydrogen-bond donors (Lipinski definition) is 1. The summed E-state index contributed by atoms with van der Waals surface area (Å²) < 4.78 is 5.16. The lowest BCUT2D eigenvalue weighted by Gasteiger charge is -2.42. The van der Waals surface area contributed by atoms with Crippen LogP contribution in [0, 0.1) is 16.0 Å². The van der Waals surface area contributed by atoms with Gasteiger partial charge in [0.15, 0.2) is 5.79 Å². The number of aliphatic hydroxyl groups is 1. The molecule has 4 atom stereocenters. The molecule has 0 saturated carbocycles. The van der Waals surface area contributed by atoms with Crippen molar-refractivity contribution in [1.82, 2.24) is 0 Å². The molecule has 0 amide bonds. The van der Waals surface area contributed by atoms with E-state index < -0.39 is 28.6 Å². The van der Waals surface area contributed by atoms with Gasteiger partial charge in [-0.25, -0.2) is 0 Å². The second-order valence-electron chi connectivity index (χ2n) is 5.24. The molecular weight excluding hydrogens is 262 g/mol. The fourth-order valence-corrected chi connectivity index (χ4v) is 2.91. The van der Waals surface area contributed by atoms with Crippen LogP contribution in [0.2, 0.25) is 0 Å². The van der Waals surface area contributed by atoms with Gasteiger partial charge in [0.1, 0.15) is 12.4 Å². The smallest absolute Gasteiger partial charge is 0.243 e. The predicted octanol–water partition coefficient (Wildman–Crippen LogP) is 1.36. The lowest BCUT2D eigenvalue weighted by Crippen LogP contribution is -2.56. The maximum Gasteiger partial charge on any atom is 0.243 e. The van der Waals surface area contributed by atoms with Crippen molar-refractivity contribution in [1.29, 1.82) is 0 Å². The lowest BCUT2D eigenvalue weighted by atomic mass is 9.73. The van der Waals surface area contributed by atoms with Crippen molar-refractivity contribution in [3.05, 3.63) is 46.0 Å². The number of hydrogen-bond acceptors (Lipinski definition) is 5. The summed E-state index contributed by atoms with van der Waals surface area (Å²) in [6.45, 7) is 2.48. The molecule has 1 N–H and O–H groups in total. The Bertz CT molecular complexity index is 514. The third kappa shape index (κ3) is 2.57. The molecular formula is C14H17NO5. The number of Topliss-reactive ketones (excluding diaryl/α,β-unsaturated/α-hetero) is 1. The highest BCUT2D eigenvalue weighted by molar-refractivity contribution is 5.80. The maximum atomic E-state index is 11.9. The molecule has 2 rings (SSSR count). The number of benzene rings is 1. The zero-order valence-corrected chi connectivity index (χ0v) is 11.4. The summed E-state index contributed by atoms with van der Waals surface area (Å²) in [4.78, 5) is 22.7. The van der Waals surface area contributed by atoms with Crippen LogP contribution in [0.4, 0.5) is 0 Å². The fraction of sp³-hybridized carbons (Fsp3) is 0.500. The number of carbonyl (C=O) groups is 1. The van der Waals surface area contributed by atoms with Gasteiger partial charge in [0.25, 0.3) is 0 Å². The molecule has 1 saturated heterocycles. The lowest BCUT2D eigenvalue weighted by molar-refractivity contribution is -0.545. The molecule has 1 aliphatic heterocycles. The van der Waals surface area contributed by atoms with Gasteiger partial charge in [-0.15, -0.1) is 0 Å². The van der Waals surface area contributed by atoms with Gasteiger partial charge in [-0.1, -0.05) is 30.3 Å². The third-order valence-electron chi connectivity index (χ3n) is 3.79. The largest absolute Gasteiger partial charge is 0.365 e. The van der Waals surface area contributed by atoms with E-state index >= 15 is 0 Å². The minimum absolute atomic E-state index is 0.219. The third-order valence-corrected chi connectivity index (χ3v) is 3.79. The summed E-state index contributed by atoms with van der Waals surface area (Å²) >= 11 is 0. The first-order valence-corrected chi connectivity index (χ1v) is 6.40. The molecule has 108 valence electrons. The van der Waals surface area contributed by atoms with Crippen molar-refractivity contribution in [2.45, 2.75) is 31.6 Å². The highest BCUT2D eigenvalue weighted by atomic mass is 16.7. The Morgan fingerprint density at radius 2 is 2.05 bits per heavy atom. The molecule has 0 aliphatic carbocycles. The van der Waals surface area contributed by atoms with Crippen LogP contribution in [0.3, 0.4) is 0 Å². The normalized spacial score (nSPS) is 33.6. The predicted molar refractivity (Wildman–Crippen MR) is 70.7 cm³/mol. The first-order chi connectivity index (χ1) is 9.34. The number of nitro groups is 1. The SMILES string of the molecule is CC(=O)[C@@H]1[C@@H](c2ccccc2)[C@H]([N+](=O)[O-])CO[C@]1(C)O. The molecule has 1 aliphatic rings. The number of carbonyl (C=O) groups excluding carboxylic acids is 1. The molecule has 1 aromatic carbocycles. The molecule has 0 bridgehead atoms. The van der Waals surface area contributed by atoms with E-state index in [9.17, 15) is 20.0 Å². The van der Waals surface area contributed by atoms with E-state index in [2.05, 4.69) is 0 Å². The standard InChI is InChI=1S/C14H17NO5/c1-9(16)13-12(10-6-4-3-5-7-10)11(15(18)19)8-20-14(13,2)17/h3-7,11-13,17H,8H2,1-2H3/t11-,12+,13-,14+/m1/s1. The van der Waals surface area contributed by atoms with E-state index in [0.717, 1.165) is 0 Å². The highest BCUT2D eigenvalue weighted by Gasteiger charge is 2.54. The molecule has 0 aromatic heterocycles. The van der Waals surface area contributed by atoms with E-state index in [-0.39, 0.29) is 12.4 Å². The van der Waals surface area contributed by atoms with Crippen molar-refractivity contribution in [2.24, 2.45) is 5.92 Å². The maximum absolute atomic E-state index is 11.9. The average molecular weight is 279 g/mol. The van der Waals surface area contributed by atoms with Crippen molar-refractivity contribution in [2.75, 3.05) is 6.61 Å². The average Bonchev–Trinajstić information content (AvgIpc) is 2.37.